The van der Waals surface area contributed by atoms with E-state index in [1.807, 2.05) is 32.1 Å². The Kier molecular flexibility index (Phi) is 8.66. The van der Waals surface area contributed by atoms with Gasteiger partial charge in [0.1, 0.15) is 24.4 Å². The Balaban J connectivity index is 2.10. The van der Waals surface area contributed by atoms with Crippen molar-refractivity contribution in [3.8, 4) is 0 Å². The summed E-state index contributed by atoms with van der Waals surface area (Å²) in [6.07, 6.45) is 2.84. The molecule has 0 spiro atoms. The fourth-order valence-electron chi connectivity index (χ4n) is 4.57. The fourth-order valence-corrected chi connectivity index (χ4v) is 8.42. The van der Waals surface area contributed by atoms with Gasteiger partial charge in [-0.3, -0.25) is 0 Å². The first kappa shape index (κ1) is 25.5. The molecule has 0 bridgehead atoms. The lowest BCUT2D eigenvalue weighted by atomic mass is 9.98. The van der Waals surface area contributed by atoms with E-state index in [0.29, 0.717) is 6.42 Å². The number of aliphatic hydroxyl groups is 2. The first-order valence-corrected chi connectivity index (χ1v) is 13.7. The molecule has 2 saturated heterocycles. The summed E-state index contributed by atoms with van der Waals surface area (Å²) < 4.78 is 23.4. The van der Waals surface area contributed by atoms with E-state index in [2.05, 4.69) is 19.7 Å². The third-order valence-electron chi connectivity index (χ3n) is 5.99. The molecule has 5 atom stereocenters. The summed E-state index contributed by atoms with van der Waals surface area (Å²) in [6.45, 7) is 19.3. The largest absolute Gasteiger partial charge is 0.390 e. The first-order chi connectivity index (χ1) is 14.0. The first-order valence-electron chi connectivity index (χ1n) is 10.8. The smallest absolute Gasteiger partial charge is 0.164 e. The molecule has 0 aromatic rings. The van der Waals surface area contributed by atoms with Crippen LogP contribution in [0.1, 0.15) is 34.1 Å². The van der Waals surface area contributed by atoms with Gasteiger partial charge >= 0.3 is 0 Å². The Hall–Kier alpha value is -0.803. The van der Waals surface area contributed by atoms with Crippen LogP contribution in [0.15, 0.2) is 38.0 Å². The molecular formula is C23H40O6Si. The Morgan fingerprint density at radius 2 is 1.43 bits per heavy atom. The summed E-state index contributed by atoms with van der Waals surface area (Å²) in [5, 5.41) is 22.0. The zero-order chi connectivity index (χ0) is 22.6. The highest BCUT2D eigenvalue weighted by Gasteiger charge is 2.52. The van der Waals surface area contributed by atoms with Crippen molar-refractivity contribution in [2.75, 3.05) is 6.61 Å². The summed E-state index contributed by atoms with van der Waals surface area (Å²) in [7, 11) is -1.76. The minimum atomic E-state index is -1.76. The molecule has 7 heteroatoms. The number of aliphatic hydroxyl groups excluding tert-OH is 2. The van der Waals surface area contributed by atoms with Crippen molar-refractivity contribution in [2.45, 2.75) is 100 Å². The highest BCUT2D eigenvalue weighted by molar-refractivity contribution is 6.81. The number of allylic oxidation sites excluding steroid dienone is 3. The zero-order valence-electron chi connectivity index (χ0n) is 19.0. The second-order valence-corrected chi connectivity index (χ2v) is 14.2. The molecule has 0 saturated carbocycles. The van der Waals surface area contributed by atoms with Crippen molar-refractivity contribution >= 4 is 8.07 Å². The molecule has 2 heterocycles. The molecule has 0 aromatic heterocycles. The van der Waals surface area contributed by atoms with Gasteiger partial charge in [0.05, 0.1) is 20.8 Å². The molecule has 2 fully saturated rings. The van der Waals surface area contributed by atoms with Crippen LogP contribution < -0.4 is 0 Å². The minimum Gasteiger partial charge on any atom is -0.390 e. The Morgan fingerprint density at radius 3 is 1.90 bits per heavy atom. The van der Waals surface area contributed by atoms with Crippen LogP contribution in [0.4, 0.5) is 0 Å². The molecule has 6 nitrogen and oxygen atoms in total. The van der Waals surface area contributed by atoms with Gasteiger partial charge in [0.15, 0.2) is 11.6 Å². The lowest BCUT2D eigenvalue weighted by Crippen LogP contribution is -2.49. The van der Waals surface area contributed by atoms with Crippen LogP contribution in [0.25, 0.3) is 0 Å². The van der Waals surface area contributed by atoms with Gasteiger partial charge in [0.2, 0.25) is 0 Å². The number of hydrogen-bond acceptors (Lipinski definition) is 6. The topological polar surface area (TPSA) is 77.4 Å². The summed E-state index contributed by atoms with van der Waals surface area (Å²) in [5.41, 5.74) is 0. The van der Waals surface area contributed by atoms with Crippen molar-refractivity contribution in [3.05, 3.63) is 38.0 Å². The third-order valence-corrected chi connectivity index (χ3v) is 10.8. The monoisotopic (exact) mass is 440 g/mol. The van der Waals surface area contributed by atoms with Crippen LogP contribution in [0.3, 0.4) is 0 Å². The highest BCUT2D eigenvalue weighted by Crippen LogP contribution is 2.37. The molecule has 0 aliphatic carbocycles. The van der Waals surface area contributed by atoms with Crippen molar-refractivity contribution in [2.24, 2.45) is 0 Å². The summed E-state index contributed by atoms with van der Waals surface area (Å²) >= 11 is 0. The number of ether oxygens (including phenoxy) is 4. The van der Waals surface area contributed by atoms with E-state index in [4.69, 9.17) is 18.9 Å². The minimum absolute atomic E-state index is 0.269. The molecule has 0 radical (unpaired) electrons. The van der Waals surface area contributed by atoms with E-state index >= 15 is 0 Å². The Morgan fingerprint density at radius 1 is 0.900 bits per heavy atom. The molecular weight excluding hydrogens is 400 g/mol. The summed E-state index contributed by atoms with van der Waals surface area (Å²) in [6, 6.07) is 3.72. The maximum atomic E-state index is 11.1. The van der Waals surface area contributed by atoms with Gasteiger partial charge < -0.3 is 29.2 Å². The van der Waals surface area contributed by atoms with Crippen LogP contribution in [0, 0.1) is 0 Å². The normalized spacial score (nSPS) is 30.0. The number of hydrogen-bond donors (Lipinski definition) is 2. The zero-order valence-corrected chi connectivity index (χ0v) is 20.0. The Bertz CT molecular complexity index is 578. The van der Waals surface area contributed by atoms with Gasteiger partial charge in [-0.05, 0) is 52.2 Å². The van der Waals surface area contributed by atoms with E-state index in [1.54, 1.807) is 13.8 Å². The van der Waals surface area contributed by atoms with Crippen molar-refractivity contribution in [3.63, 3.8) is 0 Å². The lowest BCUT2D eigenvalue weighted by molar-refractivity contribution is -0.179. The average Bonchev–Trinajstić information content (AvgIpc) is 3.18. The standard InChI is InChI=1S/C23H40O6Si/c1-8-12-30(13-9-2,14-10-3)15-11-17(24)20-21(29-23(6,7)28-20)19(25)18-16-26-22(4,5)27-18/h8-10,17-21,24-25H,1-3,11-16H2,4-7H3/t17?,18-,19-,20-,21+/m1/s1. The van der Waals surface area contributed by atoms with Gasteiger partial charge in [0.25, 0.3) is 0 Å². The molecule has 2 aliphatic heterocycles. The molecule has 1 unspecified atom stereocenters. The van der Waals surface area contributed by atoms with Gasteiger partial charge in [-0.1, -0.05) is 24.3 Å². The molecule has 30 heavy (non-hydrogen) atoms. The van der Waals surface area contributed by atoms with Crippen LogP contribution in [0.5, 0.6) is 0 Å². The fraction of sp³-hybridized carbons (Fsp3) is 0.739. The third kappa shape index (κ3) is 6.35. The van der Waals surface area contributed by atoms with Crippen LogP contribution in [0.2, 0.25) is 24.2 Å². The second kappa shape index (κ2) is 10.2. The summed E-state index contributed by atoms with van der Waals surface area (Å²) in [5.74, 6) is -1.65. The maximum absolute atomic E-state index is 11.1. The van der Waals surface area contributed by atoms with Gasteiger partial charge in [-0.2, -0.15) is 0 Å². The second-order valence-electron chi connectivity index (χ2n) is 9.51. The van der Waals surface area contributed by atoms with Crippen LogP contribution in [-0.2, 0) is 18.9 Å². The van der Waals surface area contributed by atoms with Crippen molar-refractivity contribution in [1.82, 2.24) is 0 Å². The predicted octanol–water partition coefficient (Wildman–Crippen LogP) is 3.78. The lowest BCUT2D eigenvalue weighted by Gasteiger charge is -2.32. The maximum Gasteiger partial charge on any atom is 0.164 e. The SMILES string of the molecule is C=CC[Si](CC=C)(CC=C)CCC(O)[C@H]1OC(C)(C)O[C@H]1[C@H](O)[C@H]1COC(C)(C)O1. The quantitative estimate of drug-likeness (QED) is 0.355. The van der Waals surface area contributed by atoms with Crippen LogP contribution in [-0.4, -0.2) is 67.0 Å². The number of rotatable bonds is 12. The van der Waals surface area contributed by atoms with Gasteiger partial charge in [0, 0.05) is 0 Å². The van der Waals surface area contributed by atoms with Gasteiger partial charge in [-0.15, -0.1) is 19.7 Å². The molecule has 2 aliphatic rings. The van der Waals surface area contributed by atoms with Gasteiger partial charge in [-0.25, -0.2) is 0 Å². The van der Waals surface area contributed by atoms with E-state index < -0.39 is 50.2 Å². The molecule has 0 amide bonds. The summed E-state index contributed by atoms with van der Waals surface area (Å²) in [4.78, 5) is 0. The molecule has 2 N–H and O–H groups in total. The van der Waals surface area contributed by atoms with Crippen LogP contribution >= 0.6 is 0 Å². The van der Waals surface area contributed by atoms with Crippen molar-refractivity contribution < 1.29 is 29.2 Å². The molecule has 2 rings (SSSR count). The van der Waals surface area contributed by atoms with E-state index in [0.717, 1.165) is 24.2 Å². The van der Waals surface area contributed by atoms with Crippen molar-refractivity contribution in [1.29, 1.82) is 0 Å². The van der Waals surface area contributed by atoms with E-state index in [9.17, 15) is 10.2 Å². The predicted molar refractivity (Wildman–Crippen MR) is 121 cm³/mol. The highest BCUT2D eigenvalue weighted by atomic mass is 28.3. The van der Waals surface area contributed by atoms with E-state index in [1.165, 1.54) is 0 Å². The van der Waals surface area contributed by atoms with E-state index in [-0.39, 0.29) is 6.61 Å². The Labute approximate surface area is 182 Å². The molecule has 172 valence electrons. The average molecular weight is 441 g/mol. The molecule has 0 aromatic carbocycles.